The Hall–Kier alpha value is -3.46. The predicted octanol–water partition coefficient (Wildman–Crippen LogP) is 3.54. The molecule has 0 aliphatic carbocycles. The smallest absolute Gasteiger partial charge is 0.208 e. The number of halogens is 1. The van der Waals surface area contributed by atoms with Gasteiger partial charge in [0.1, 0.15) is 17.2 Å². The molecule has 0 bridgehead atoms. The second-order valence-corrected chi connectivity index (χ2v) is 8.67. The summed E-state index contributed by atoms with van der Waals surface area (Å²) in [5, 5.41) is 7.81. The molecule has 1 aromatic carbocycles. The van der Waals surface area contributed by atoms with E-state index in [1.54, 1.807) is 12.3 Å². The maximum Gasteiger partial charge on any atom is 0.208 e. The first kappa shape index (κ1) is 21.4. The lowest BCUT2D eigenvalue weighted by molar-refractivity contribution is 0.356. The minimum absolute atomic E-state index is 0.233. The van der Waals surface area contributed by atoms with Gasteiger partial charge in [-0.3, -0.25) is 9.08 Å². The van der Waals surface area contributed by atoms with Crippen LogP contribution in [0.15, 0.2) is 36.9 Å². The van der Waals surface area contributed by atoms with E-state index in [9.17, 15) is 4.39 Å². The molecule has 9 heteroatoms. The van der Waals surface area contributed by atoms with Gasteiger partial charge in [-0.15, -0.1) is 0 Å². The van der Waals surface area contributed by atoms with Gasteiger partial charge in [-0.1, -0.05) is 0 Å². The monoisotopic (exact) mass is 449 g/mol. The normalized spacial score (nSPS) is 13.0. The van der Waals surface area contributed by atoms with E-state index in [0.717, 1.165) is 53.3 Å². The van der Waals surface area contributed by atoms with Crippen LogP contribution in [0.3, 0.4) is 0 Å². The number of hydrogen-bond donors (Lipinski definition) is 1. The number of nitrogens with one attached hydrogen (secondary N) is 1. The fourth-order valence-electron chi connectivity index (χ4n) is 4.28. The van der Waals surface area contributed by atoms with Gasteiger partial charge in [0.2, 0.25) is 5.95 Å². The molecule has 0 unspecified atom stereocenters. The van der Waals surface area contributed by atoms with Gasteiger partial charge in [-0.05, 0) is 46.1 Å². The molecule has 8 nitrogen and oxygen atoms in total. The van der Waals surface area contributed by atoms with Crippen molar-refractivity contribution in [3.05, 3.63) is 59.6 Å². The largest absolute Gasteiger partial charge is 0.493 e. The molecular weight excluding hydrogens is 421 g/mol. The third-order valence-electron chi connectivity index (χ3n) is 5.91. The first-order chi connectivity index (χ1) is 16.0. The number of imidazole rings is 1. The Morgan fingerprint density at radius 3 is 2.94 bits per heavy atom. The molecule has 1 N–H and O–H groups in total. The highest BCUT2D eigenvalue weighted by atomic mass is 19.1. The van der Waals surface area contributed by atoms with E-state index in [1.165, 1.54) is 6.07 Å². The van der Waals surface area contributed by atoms with Gasteiger partial charge in [-0.2, -0.15) is 5.10 Å². The van der Waals surface area contributed by atoms with Crippen molar-refractivity contribution in [2.24, 2.45) is 0 Å². The van der Waals surface area contributed by atoms with E-state index in [2.05, 4.69) is 34.4 Å². The first-order valence-electron chi connectivity index (χ1n) is 11.2. The van der Waals surface area contributed by atoms with Gasteiger partial charge in [0.25, 0.3) is 0 Å². The van der Waals surface area contributed by atoms with E-state index < -0.39 is 0 Å². The summed E-state index contributed by atoms with van der Waals surface area (Å²) in [6, 6.07) is 3.16. The maximum absolute atomic E-state index is 14.5. The third kappa shape index (κ3) is 4.28. The fraction of sp³-hybridized carbons (Fsp3) is 0.375. The summed E-state index contributed by atoms with van der Waals surface area (Å²) in [7, 11) is 4.14. The number of aryl methyl sites for hydroxylation is 2. The number of hydrogen-bond acceptors (Lipinski definition) is 6. The van der Waals surface area contributed by atoms with Crippen molar-refractivity contribution in [3.63, 3.8) is 0 Å². The molecule has 4 aromatic rings. The summed E-state index contributed by atoms with van der Waals surface area (Å²) < 4.78 is 24.0. The molecule has 33 heavy (non-hydrogen) atoms. The summed E-state index contributed by atoms with van der Waals surface area (Å²) in [5.74, 6) is 1.15. The number of nitrogens with zero attached hydrogens (tertiary/aromatic N) is 6. The maximum atomic E-state index is 14.5. The summed E-state index contributed by atoms with van der Waals surface area (Å²) in [6.07, 6.45) is 9.37. The molecule has 172 valence electrons. The molecule has 0 saturated carbocycles. The number of benzene rings is 1. The summed E-state index contributed by atoms with van der Waals surface area (Å²) in [5.41, 5.74) is 5.11. The Labute approximate surface area is 192 Å². The minimum Gasteiger partial charge on any atom is -0.493 e. The van der Waals surface area contributed by atoms with Crippen LogP contribution in [0.25, 0.3) is 16.8 Å². The Morgan fingerprint density at radius 2 is 2.09 bits per heavy atom. The molecular formula is C24H28FN7O. The highest BCUT2D eigenvalue weighted by Gasteiger charge is 2.20. The van der Waals surface area contributed by atoms with Crippen LogP contribution in [0.5, 0.6) is 5.75 Å². The van der Waals surface area contributed by atoms with Crippen molar-refractivity contribution < 1.29 is 9.13 Å². The number of fused-ring (bicyclic) bond motifs is 2. The molecule has 0 radical (unpaired) electrons. The lowest BCUT2D eigenvalue weighted by atomic mass is 10.0. The second-order valence-electron chi connectivity index (χ2n) is 8.67. The summed E-state index contributed by atoms with van der Waals surface area (Å²) >= 11 is 0. The van der Waals surface area contributed by atoms with Crippen molar-refractivity contribution in [2.45, 2.75) is 32.9 Å². The van der Waals surface area contributed by atoms with Crippen molar-refractivity contribution in [2.75, 3.05) is 32.6 Å². The van der Waals surface area contributed by atoms with E-state index >= 15 is 0 Å². The molecule has 0 amide bonds. The Balaban J connectivity index is 1.40. The Kier molecular flexibility index (Phi) is 5.72. The number of aromatic nitrogens is 5. The lowest BCUT2D eigenvalue weighted by Crippen LogP contribution is -2.15. The first-order valence-corrected chi connectivity index (χ1v) is 11.2. The van der Waals surface area contributed by atoms with Crippen molar-refractivity contribution in [3.8, 4) is 16.9 Å². The van der Waals surface area contributed by atoms with Gasteiger partial charge >= 0.3 is 0 Å². The molecule has 0 fully saturated rings. The van der Waals surface area contributed by atoms with E-state index in [4.69, 9.17) is 9.72 Å². The summed E-state index contributed by atoms with van der Waals surface area (Å²) in [4.78, 5) is 11.5. The Bertz CT molecular complexity index is 1290. The van der Waals surface area contributed by atoms with Crippen molar-refractivity contribution >= 4 is 11.6 Å². The lowest BCUT2D eigenvalue weighted by Gasteiger charge is -2.12. The van der Waals surface area contributed by atoms with Crippen LogP contribution in [0.4, 0.5) is 10.3 Å². The van der Waals surface area contributed by atoms with E-state index in [0.29, 0.717) is 31.1 Å². The zero-order valence-electron chi connectivity index (χ0n) is 19.2. The highest BCUT2D eigenvalue weighted by molar-refractivity contribution is 5.77. The average Bonchev–Trinajstić information content (AvgIpc) is 3.52. The molecule has 0 saturated heterocycles. The predicted molar refractivity (Wildman–Crippen MR) is 125 cm³/mol. The van der Waals surface area contributed by atoms with Crippen molar-refractivity contribution in [1.82, 2.24) is 29.0 Å². The highest BCUT2D eigenvalue weighted by Crippen LogP contribution is 2.31. The second kappa shape index (κ2) is 8.82. The zero-order valence-corrected chi connectivity index (χ0v) is 19.2. The quantitative estimate of drug-likeness (QED) is 0.444. The Morgan fingerprint density at radius 1 is 1.21 bits per heavy atom. The van der Waals surface area contributed by atoms with Gasteiger partial charge in [-0.25, -0.2) is 14.4 Å². The van der Waals surface area contributed by atoms with E-state index in [1.807, 2.05) is 34.6 Å². The van der Waals surface area contributed by atoms with Crippen LogP contribution in [0, 0.1) is 12.7 Å². The van der Waals surface area contributed by atoms with Gasteiger partial charge in [0, 0.05) is 60.4 Å². The molecule has 5 rings (SSSR count). The molecule has 0 atom stereocenters. The molecule has 3 aromatic heterocycles. The average molecular weight is 450 g/mol. The number of rotatable bonds is 8. The van der Waals surface area contributed by atoms with E-state index in [-0.39, 0.29) is 5.82 Å². The SMILES string of the molecule is Cc1cn2c(NCc3c(F)ccc4c3CCO4)ncc(-c3cnn(CCCN(C)C)c3)c2n1. The third-order valence-corrected chi connectivity index (χ3v) is 5.91. The molecule has 1 aliphatic rings. The van der Waals surface area contributed by atoms with Crippen LogP contribution in [-0.2, 0) is 19.5 Å². The van der Waals surface area contributed by atoms with Gasteiger partial charge in [0.15, 0.2) is 0 Å². The zero-order chi connectivity index (χ0) is 22.9. The van der Waals surface area contributed by atoms with Crippen LogP contribution >= 0.6 is 0 Å². The summed E-state index contributed by atoms with van der Waals surface area (Å²) in [6.45, 7) is 4.73. The minimum atomic E-state index is -0.233. The van der Waals surface area contributed by atoms with Crippen LogP contribution in [-0.4, -0.2) is 56.3 Å². The number of ether oxygens (including phenoxy) is 1. The van der Waals surface area contributed by atoms with Crippen LogP contribution in [0.2, 0.25) is 0 Å². The molecule has 4 heterocycles. The topological polar surface area (TPSA) is 72.5 Å². The number of anilines is 1. The fourth-order valence-corrected chi connectivity index (χ4v) is 4.28. The van der Waals surface area contributed by atoms with Gasteiger partial charge < -0.3 is 15.0 Å². The standard InChI is InChI=1S/C24H28FN7O/c1-16-14-32-23(29-16)19(17-11-28-31(15-17)9-4-8-30(2)3)12-26-24(32)27-13-20-18-7-10-33-22(18)6-5-21(20)25/h5-6,11-12,14-15H,4,7-10,13H2,1-3H3,(H,26,27). The van der Waals surface area contributed by atoms with Gasteiger partial charge in [0.05, 0.1) is 18.5 Å². The van der Waals surface area contributed by atoms with Crippen LogP contribution < -0.4 is 10.1 Å². The van der Waals surface area contributed by atoms with Crippen molar-refractivity contribution in [1.29, 1.82) is 0 Å². The molecule has 1 aliphatic heterocycles. The molecule has 0 spiro atoms. The van der Waals surface area contributed by atoms with Crippen LogP contribution in [0.1, 0.15) is 23.2 Å².